The van der Waals surface area contributed by atoms with E-state index in [0.29, 0.717) is 5.39 Å². The molecule has 0 spiro atoms. The van der Waals surface area contributed by atoms with Crippen LogP contribution in [0.1, 0.15) is 15.9 Å². The molecule has 6 nitrogen and oxygen atoms in total. The SMILES string of the molecule is C=C(C(=O)Oc1cccc2ccccc12)[C@]1(O)C(=O)N(C(=O)c2ccccc2)c2ccc(F)cc21. The number of carbonyl (C=O) groups excluding carboxylic acids is 3. The van der Waals surface area contributed by atoms with Crippen LogP contribution in [0.5, 0.6) is 5.75 Å². The van der Waals surface area contributed by atoms with Gasteiger partial charge in [-0.2, -0.15) is 0 Å². The Kier molecular flexibility index (Phi) is 5.26. The van der Waals surface area contributed by atoms with E-state index in [4.69, 9.17) is 4.74 Å². The quantitative estimate of drug-likeness (QED) is 0.207. The van der Waals surface area contributed by atoms with E-state index in [9.17, 15) is 23.9 Å². The number of nitrogens with zero attached hydrogens (tertiary/aromatic N) is 1. The minimum atomic E-state index is -2.70. The number of carbonyl (C=O) groups is 3. The number of hydrogen-bond acceptors (Lipinski definition) is 5. The summed E-state index contributed by atoms with van der Waals surface area (Å²) in [5.74, 6) is -3.55. The second-order valence-electron chi connectivity index (χ2n) is 8.03. The molecule has 2 amide bonds. The molecule has 7 heteroatoms. The molecule has 0 saturated heterocycles. The van der Waals surface area contributed by atoms with Crippen molar-refractivity contribution in [2.75, 3.05) is 4.90 Å². The average Bonchev–Trinajstić information content (AvgIpc) is 3.10. The van der Waals surface area contributed by atoms with Crippen LogP contribution >= 0.6 is 0 Å². The summed E-state index contributed by atoms with van der Waals surface area (Å²) >= 11 is 0. The van der Waals surface area contributed by atoms with Crippen molar-refractivity contribution in [3.63, 3.8) is 0 Å². The van der Waals surface area contributed by atoms with Gasteiger partial charge in [-0.15, -0.1) is 0 Å². The van der Waals surface area contributed by atoms with Gasteiger partial charge in [0.2, 0.25) is 5.60 Å². The Balaban J connectivity index is 1.55. The molecule has 1 aliphatic rings. The molecule has 0 fully saturated rings. The highest BCUT2D eigenvalue weighted by Crippen LogP contribution is 2.45. The molecule has 1 aliphatic heterocycles. The van der Waals surface area contributed by atoms with Gasteiger partial charge < -0.3 is 9.84 Å². The minimum Gasteiger partial charge on any atom is -0.422 e. The molecule has 172 valence electrons. The molecule has 1 N–H and O–H groups in total. The topological polar surface area (TPSA) is 83.9 Å². The number of halogens is 1. The highest BCUT2D eigenvalue weighted by atomic mass is 19.1. The van der Waals surface area contributed by atoms with Crippen molar-refractivity contribution in [3.8, 4) is 5.75 Å². The fourth-order valence-corrected chi connectivity index (χ4v) is 4.18. The molecule has 5 rings (SSSR count). The Hall–Kier alpha value is -4.62. The lowest BCUT2D eigenvalue weighted by Gasteiger charge is -2.24. The van der Waals surface area contributed by atoms with Gasteiger partial charge in [0.1, 0.15) is 11.6 Å². The van der Waals surface area contributed by atoms with Crippen molar-refractivity contribution in [1.29, 1.82) is 0 Å². The fraction of sp³-hybridized carbons (Fsp3) is 0.0357. The molecule has 1 atom stereocenters. The van der Waals surface area contributed by atoms with E-state index in [0.717, 1.165) is 22.4 Å². The van der Waals surface area contributed by atoms with Crippen molar-refractivity contribution in [1.82, 2.24) is 0 Å². The van der Waals surface area contributed by atoms with Crippen molar-refractivity contribution in [3.05, 3.63) is 120 Å². The number of ether oxygens (including phenoxy) is 1. The monoisotopic (exact) mass is 467 g/mol. The number of esters is 1. The summed E-state index contributed by atoms with van der Waals surface area (Å²) in [5, 5.41) is 13.0. The summed E-state index contributed by atoms with van der Waals surface area (Å²) in [7, 11) is 0. The molecular weight excluding hydrogens is 449 g/mol. The van der Waals surface area contributed by atoms with Gasteiger partial charge in [-0.3, -0.25) is 9.59 Å². The van der Waals surface area contributed by atoms with Gasteiger partial charge in [-0.05, 0) is 41.8 Å². The molecular formula is C28H18FNO5. The summed E-state index contributed by atoms with van der Waals surface area (Å²) in [6.07, 6.45) is 0. The highest BCUT2D eigenvalue weighted by molar-refractivity contribution is 6.28. The Morgan fingerprint density at radius 2 is 1.60 bits per heavy atom. The third-order valence-corrected chi connectivity index (χ3v) is 5.96. The second-order valence-corrected chi connectivity index (χ2v) is 8.03. The van der Waals surface area contributed by atoms with Crippen molar-refractivity contribution in [2.24, 2.45) is 0 Å². The first-order valence-electron chi connectivity index (χ1n) is 10.7. The lowest BCUT2D eigenvalue weighted by Crippen LogP contribution is -2.46. The van der Waals surface area contributed by atoms with Crippen molar-refractivity contribution >= 4 is 34.2 Å². The molecule has 0 bridgehead atoms. The standard InChI is InChI=1S/C28H18FNO5/c1-17(26(32)35-24-13-7-11-18-8-5-6-12-21(18)24)28(34)22-16-20(29)14-15-23(22)30(27(28)33)25(31)19-9-3-2-4-10-19/h2-16,34H,1H2/t28-/m1/s1. The zero-order chi connectivity index (χ0) is 24.7. The smallest absolute Gasteiger partial charge is 0.342 e. The van der Waals surface area contributed by atoms with E-state index < -0.39 is 34.8 Å². The molecule has 1 heterocycles. The normalized spacial score (nSPS) is 16.7. The number of rotatable bonds is 4. The number of benzene rings is 4. The first-order chi connectivity index (χ1) is 16.8. The van der Waals surface area contributed by atoms with E-state index in [1.807, 2.05) is 18.2 Å². The number of imide groups is 1. The summed E-state index contributed by atoms with van der Waals surface area (Å²) in [4.78, 5) is 40.5. The molecule has 35 heavy (non-hydrogen) atoms. The highest BCUT2D eigenvalue weighted by Gasteiger charge is 2.56. The van der Waals surface area contributed by atoms with Crippen LogP contribution in [0, 0.1) is 5.82 Å². The van der Waals surface area contributed by atoms with Crippen LogP contribution in [0.3, 0.4) is 0 Å². The molecule has 0 unspecified atom stereocenters. The number of anilines is 1. The first kappa shape index (κ1) is 22.2. The van der Waals surface area contributed by atoms with E-state index >= 15 is 0 Å². The lowest BCUT2D eigenvalue weighted by atomic mass is 9.88. The second kappa shape index (κ2) is 8.30. The van der Waals surface area contributed by atoms with Crippen LogP contribution < -0.4 is 9.64 Å². The van der Waals surface area contributed by atoms with Crippen LogP contribution in [-0.4, -0.2) is 22.9 Å². The number of aliphatic hydroxyl groups is 1. The van der Waals surface area contributed by atoms with E-state index in [1.165, 1.54) is 18.2 Å². The van der Waals surface area contributed by atoms with E-state index in [1.54, 1.807) is 42.5 Å². The summed E-state index contributed by atoms with van der Waals surface area (Å²) in [6.45, 7) is 3.62. The third-order valence-electron chi connectivity index (χ3n) is 5.96. The van der Waals surface area contributed by atoms with Gasteiger partial charge in [-0.1, -0.05) is 61.2 Å². The third kappa shape index (κ3) is 3.50. The van der Waals surface area contributed by atoms with Gasteiger partial charge in [0.05, 0.1) is 11.3 Å². The predicted molar refractivity (Wildman–Crippen MR) is 127 cm³/mol. The fourth-order valence-electron chi connectivity index (χ4n) is 4.18. The van der Waals surface area contributed by atoms with Gasteiger partial charge in [-0.25, -0.2) is 14.1 Å². The minimum absolute atomic E-state index is 0.0492. The number of fused-ring (bicyclic) bond motifs is 2. The average molecular weight is 467 g/mol. The largest absolute Gasteiger partial charge is 0.422 e. The maximum atomic E-state index is 14.2. The first-order valence-corrected chi connectivity index (χ1v) is 10.7. The molecule has 0 radical (unpaired) electrons. The number of hydrogen-bond donors (Lipinski definition) is 1. The molecule has 0 saturated carbocycles. The van der Waals surface area contributed by atoms with Gasteiger partial charge in [0.15, 0.2) is 0 Å². The Bertz CT molecular complexity index is 1530. The van der Waals surface area contributed by atoms with Crippen LogP contribution in [0.2, 0.25) is 0 Å². The molecule has 0 aliphatic carbocycles. The zero-order valence-electron chi connectivity index (χ0n) is 18.3. The Morgan fingerprint density at radius 1 is 0.914 bits per heavy atom. The lowest BCUT2D eigenvalue weighted by molar-refractivity contribution is -0.140. The molecule has 0 aromatic heterocycles. The summed E-state index contributed by atoms with van der Waals surface area (Å²) in [6, 6.07) is 23.4. The number of amides is 2. The van der Waals surface area contributed by atoms with E-state index in [2.05, 4.69) is 6.58 Å². The van der Waals surface area contributed by atoms with Crippen LogP contribution in [-0.2, 0) is 15.2 Å². The predicted octanol–water partition coefficient (Wildman–Crippen LogP) is 4.52. The van der Waals surface area contributed by atoms with E-state index in [-0.39, 0.29) is 22.6 Å². The Morgan fingerprint density at radius 3 is 2.37 bits per heavy atom. The summed E-state index contributed by atoms with van der Waals surface area (Å²) in [5.41, 5.74) is -3.50. The van der Waals surface area contributed by atoms with Gasteiger partial charge >= 0.3 is 5.97 Å². The van der Waals surface area contributed by atoms with Gasteiger partial charge in [0, 0.05) is 16.5 Å². The molecule has 4 aromatic carbocycles. The van der Waals surface area contributed by atoms with Crippen molar-refractivity contribution in [2.45, 2.75) is 5.60 Å². The van der Waals surface area contributed by atoms with Crippen LogP contribution in [0.15, 0.2) is 103 Å². The summed E-state index contributed by atoms with van der Waals surface area (Å²) < 4.78 is 19.7. The Labute approximate surface area is 199 Å². The maximum Gasteiger partial charge on any atom is 0.342 e. The zero-order valence-corrected chi connectivity index (χ0v) is 18.3. The maximum absolute atomic E-state index is 14.2. The van der Waals surface area contributed by atoms with Crippen LogP contribution in [0.25, 0.3) is 10.8 Å². The molecule has 4 aromatic rings. The van der Waals surface area contributed by atoms with Crippen molar-refractivity contribution < 1.29 is 28.6 Å². The van der Waals surface area contributed by atoms with Gasteiger partial charge in [0.25, 0.3) is 11.8 Å². The van der Waals surface area contributed by atoms with Crippen LogP contribution in [0.4, 0.5) is 10.1 Å².